The number of nitrogens with two attached hydrogens (primary N) is 2. The molecule has 0 unspecified atom stereocenters. The Balaban J connectivity index is 1.61. The molecule has 0 radical (unpaired) electrons. The molecule has 0 bridgehead atoms. The first-order valence-corrected chi connectivity index (χ1v) is 10.5. The zero-order valence-corrected chi connectivity index (χ0v) is 17.1. The Labute approximate surface area is 180 Å². The number of halogens is 1. The Morgan fingerprint density at radius 3 is 2.61 bits per heavy atom. The Kier molecular flexibility index (Phi) is 6.13. The van der Waals surface area contributed by atoms with Gasteiger partial charge in [0.2, 0.25) is 0 Å². The SMILES string of the molecule is NC(=O)c1ccc(N[C@H]2CCCC[C@H]2N)cc1Nc1cccc(-c2cccc(F)c2)n1. The number of hydrogen-bond donors (Lipinski definition) is 4. The Bertz CT molecular complexity index is 1090. The van der Waals surface area contributed by atoms with Crippen LogP contribution in [0.4, 0.5) is 21.6 Å². The number of carbonyl (C=O) groups excluding carboxylic acids is 1. The van der Waals surface area contributed by atoms with Gasteiger partial charge in [-0.2, -0.15) is 0 Å². The maximum atomic E-state index is 13.6. The minimum absolute atomic E-state index is 0.102. The third-order valence-electron chi connectivity index (χ3n) is 5.59. The lowest BCUT2D eigenvalue weighted by Gasteiger charge is -2.30. The van der Waals surface area contributed by atoms with Crippen molar-refractivity contribution in [2.24, 2.45) is 11.5 Å². The number of benzene rings is 2. The van der Waals surface area contributed by atoms with E-state index in [2.05, 4.69) is 15.6 Å². The van der Waals surface area contributed by atoms with Crippen molar-refractivity contribution < 1.29 is 9.18 Å². The van der Waals surface area contributed by atoms with Gasteiger partial charge in [-0.3, -0.25) is 4.79 Å². The van der Waals surface area contributed by atoms with Gasteiger partial charge < -0.3 is 22.1 Å². The predicted octanol–water partition coefficient (Wildman–Crippen LogP) is 4.41. The van der Waals surface area contributed by atoms with Crippen molar-refractivity contribution in [3.05, 3.63) is 72.0 Å². The van der Waals surface area contributed by atoms with E-state index in [0.29, 0.717) is 28.3 Å². The molecule has 0 saturated heterocycles. The minimum Gasteiger partial charge on any atom is -0.381 e. The largest absolute Gasteiger partial charge is 0.381 e. The summed E-state index contributed by atoms with van der Waals surface area (Å²) >= 11 is 0. The molecule has 1 aromatic heterocycles. The standard InChI is InChI=1S/C24H26FN5O/c25-16-6-3-5-15(13-16)20-9-4-10-23(29-20)30-22-14-17(11-12-18(22)24(27)31)28-21-8-2-1-7-19(21)26/h3-6,9-14,19,21,28H,1-2,7-8,26H2,(H2,27,31)(H,29,30)/t19-,21+/m1/s1. The van der Waals surface area contributed by atoms with E-state index in [1.165, 1.54) is 12.1 Å². The molecule has 1 aliphatic rings. The summed E-state index contributed by atoms with van der Waals surface area (Å²) in [5.41, 5.74) is 14.9. The highest BCUT2D eigenvalue weighted by molar-refractivity contribution is 5.99. The second kappa shape index (κ2) is 9.14. The van der Waals surface area contributed by atoms with Gasteiger partial charge in [-0.15, -0.1) is 0 Å². The number of pyridine rings is 1. The smallest absolute Gasteiger partial charge is 0.250 e. The fourth-order valence-corrected chi connectivity index (χ4v) is 3.96. The van der Waals surface area contributed by atoms with Gasteiger partial charge in [0.1, 0.15) is 11.6 Å². The maximum absolute atomic E-state index is 13.6. The summed E-state index contributed by atoms with van der Waals surface area (Å²) in [6.45, 7) is 0. The van der Waals surface area contributed by atoms with Crippen molar-refractivity contribution in [1.82, 2.24) is 4.98 Å². The molecular formula is C24H26FN5O. The van der Waals surface area contributed by atoms with Crippen molar-refractivity contribution in [1.29, 1.82) is 0 Å². The van der Waals surface area contributed by atoms with E-state index in [9.17, 15) is 9.18 Å². The molecule has 1 aliphatic carbocycles. The van der Waals surface area contributed by atoms with E-state index in [-0.39, 0.29) is 17.9 Å². The lowest BCUT2D eigenvalue weighted by atomic mass is 9.91. The lowest BCUT2D eigenvalue weighted by molar-refractivity contribution is 0.100. The van der Waals surface area contributed by atoms with E-state index in [4.69, 9.17) is 11.5 Å². The average molecular weight is 420 g/mol. The molecule has 160 valence electrons. The lowest BCUT2D eigenvalue weighted by Crippen LogP contribution is -2.42. The molecule has 1 fully saturated rings. The molecule has 1 saturated carbocycles. The van der Waals surface area contributed by atoms with Crippen LogP contribution in [0.15, 0.2) is 60.7 Å². The van der Waals surface area contributed by atoms with Gasteiger partial charge in [0, 0.05) is 23.3 Å². The number of aromatic nitrogens is 1. The Morgan fingerprint density at radius 1 is 1.03 bits per heavy atom. The third-order valence-corrected chi connectivity index (χ3v) is 5.59. The normalized spacial score (nSPS) is 18.4. The Morgan fingerprint density at radius 2 is 1.84 bits per heavy atom. The number of hydrogen-bond acceptors (Lipinski definition) is 5. The summed E-state index contributed by atoms with van der Waals surface area (Å²) in [7, 11) is 0. The second-order valence-electron chi connectivity index (χ2n) is 7.87. The van der Waals surface area contributed by atoms with Gasteiger partial charge in [-0.1, -0.05) is 31.0 Å². The molecule has 3 aromatic rings. The van der Waals surface area contributed by atoms with Gasteiger partial charge in [0.25, 0.3) is 5.91 Å². The van der Waals surface area contributed by atoms with Gasteiger partial charge in [-0.25, -0.2) is 9.37 Å². The molecule has 0 aliphatic heterocycles. The highest BCUT2D eigenvalue weighted by Crippen LogP contribution is 2.28. The molecule has 4 rings (SSSR count). The van der Waals surface area contributed by atoms with E-state index < -0.39 is 5.91 Å². The number of anilines is 3. The van der Waals surface area contributed by atoms with Gasteiger partial charge >= 0.3 is 0 Å². The molecule has 6 N–H and O–H groups in total. The van der Waals surface area contributed by atoms with Crippen LogP contribution in [0.25, 0.3) is 11.3 Å². The summed E-state index contributed by atoms with van der Waals surface area (Å²) in [6, 6.07) is 17.3. The highest BCUT2D eigenvalue weighted by Gasteiger charge is 2.22. The molecule has 2 aromatic carbocycles. The maximum Gasteiger partial charge on any atom is 0.250 e. The van der Waals surface area contributed by atoms with Gasteiger partial charge in [-0.05, 0) is 55.3 Å². The van der Waals surface area contributed by atoms with E-state index in [1.54, 1.807) is 30.3 Å². The minimum atomic E-state index is -0.537. The van der Waals surface area contributed by atoms with E-state index >= 15 is 0 Å². The van der Waals surface area contributed by atoms with Gasteiger partial charge in [0.15, 0.2) is 0 Å². The van der Waals surface area contributed by atoms with Crippen LogP contribution < -0.4 is 22.1 Å². The van der Waals surface area contributed by atoms with Crippen LogP contribution in [0.5, 0.6) is 0 Å². The van der Waals surface area contributed by atoms with Crippen molar-refractivity contribution in [2.45, 2.75) is 37.8 Å². The Hall–Kier alpha value is -3.45. The van der Waals surface area contributed by atoms with Crippen molar-refractivity contribution in [3.8, 4) is 11.3 Å². The molecule has 6 nitrogen and oxygen atoms in total. The number of carbonyl (C=O) groups is 1. The molecule has 1 heterocycles. The van der Waals surface area contributed by atoms with Crippen molar-refractivity contribution >= 4 is 23.1 Å². The molecule has 2 atom stereocenters. The van der Waals surface area contributed by atoms with Crippen molar-refractivity contribution in [2.75, 3.05) is 10.6 Å². The third kappa shape index (κ3) is 5.00. The first-order valence-electron chi connectivity index (χ1n) is 10.5. The second-order valence-corrected chi connectivity index (χ2v) is 7.87. The monoisotopic (exact) mass is 419 g/mol. The highest BCUT2D eigenvalue weighted by atomic mass is 19.1. The van der Waals surface area contributed by atoms with Crippen LogP contribution in [0.1, 0.15) is 36.0 Å². The first kappa shape index (κ1) is 20.8. The van der Waals surface area contributed by atoms with Crippen LogP contribution in [0.3, 0.4) is 0 Å². The van der Waals surface area contributed by atoms with E-state index in [1.807, 2.05) is 18.2 Å². The van der Waals surface area contributed by atoms with Crippen LogP contribution in [0.2, 0.25) is 0 Å². The molecule has 7 heteroatoms. The van der Waals surface area contributed by atoms with Crippen LogP contribution >= 0.6 is 0 Å². The molecule has 1 amide bonds. The number of amides is 1. The predicted molar refractivity (Wildman–Crippen MR) is 122 cm³/mol. The summed E-state index contributed by atoms with van der Waals surface area (Å²) in [5, 5.41) is 6.68. The topological polar surface area (TPSA) is 106 Å². The number of nitrogens with zero attached hydrogens (tertiary/aromatic N) is 1. The van der Waals surface area contributed by atoms with Crippen LogP contribution in [-0.4, -0.2) is 23.0 Å². The van der Waals surface area contributed by atoms with Crippen LogP contribution in [-0.2, 0) is 0 Å². The number of rotatable bonds is 6. The summed E-state index contributed by atoms with van der Waals surface area (Å²) < 4.78 is 13.6. The molecule has 0 spiro atoms. The quantitative estimate of drug-likeness (QED) is 0.473. The first-order chi connectivity index (χ1) is 15.0. The number of primary amides is 1. The zero-order valence-electron chi connectivity index (χ0n) is 17.1. The summed E-state index contributed by atoms with van der Waals surface area (Å²) in [5.74, 6) is -0.339. The summed E-state index contributed by atoms with van der Waals surface area (Å²) in [4.78, 5) is 16.5. The van der Waals surface area contributed by atoms with Gasteiger partial charge in [0.05, 0.1) is 16.9 Å². The zero-order chi connectivity index (χ0) is 21.8. The van der Waals surface area contributed by atoms with Crippen LogP contribution in [0, 0.1) is 5.82 Å². The number of nitrogens with one attached hydrogen (secondary N) is 2. The average Bonchev–Trinajstić information content (AvgIpc) is 2.75. The summed E-state index contributed by atoms with van der Waals surface area (Å²) in [6.07, 6.45) is 4.31. The van der Waals surface area contributed by atoms with Crippen molar-refractivity contribution in [3.63, 3.8) is 0 Å². The van der Waals surface area contributed by atoms with E-state index in [0.717, 1.165) is 31.4 Å². The fourth-order valence-electron chi connectivity index (χ4n) is 3.96. The molecular weight excluding hydrogens is 393 g/mol. The molecule has 31 heavy (non-hydrogen) atoms. The fraction of sp³-hybridized carbons (Fsp3) is 0.250.